The molecule has 4 rings (SSSR count). The molecular formula is C30H42F2OSi. The lowest BCUT2D eigenvalue weighted by atomic mass is 9.93. The molecule has 0 spiro atoms. The summed E-state index contributed by atoms with van der Waals surface area (Å²) in [5, 5.41) is 0. The second-order valence-corrected chi connectivity index (χ2v) is 14.4. The molecule has 0 amide bonds. The molecule has 1 aliphatic heterocycles. The Hall–Kier alpha value is -1.52. The Kier molecular flexibility index (Phi) is 9.75. The minimum absolute atomic E-state index is 0.548. The van der Waals surface area contributed by atoms with Gasteiger partial charge in [0.1, 0.15) is 0 Å². The third-order valence-electron chi connectivity index (χ3n) is 8.43. The number of ether oxygens (including phenoxy) is 1. The van der Waals surface area contributed by atoms with Crippen molar-refractivity contribution in [3.63, 3.8) is 0 Å². The average Bonchev–Trinajstić information content (AvgIpc) is 2.88. The van der Waals surface area contributed by atoms with E-state index >= 15 is 0 Å². The first kappa shape index (κ1) is 25.6. The predicted molar refractivity (Wildman–Crippen MR) is 141 cm³/mol. The summed E-state index contributed by atoms with van der Waals surface area (Å²) in [6.45, 7) is 3.22. The molecule has 2 aliphatic rings. The summed E-state index contributed by atoms with van der Waals surface area (Å²) in [5.74, 6) is -0.699. The third kappa shape index (κ3) is 7.24. The third-order valence-corrected chi connectivity index (χ3v) is 12.6. The Bertz CT molecular complexity index is 868. The van der Waals surface area contributed by atoms with Gasteiger partial charge in [0.25, 0.3) is 0 Å². The van der Waals surface area contributed by atoms with Crippen molar-refractivity contribution in [2.24, 2.45) is 5.92 Å². The Morgan fingerprint density at radius 2 is 1.53 bits per heavy atom. The highest BCUT2D eigenvalue weighted by molar-refractivity contribution is 6.60. The van der Waals surface area contributed by atoms with Gasteiger partial charge in [-0.1, -0.05) is 87.9 Å². The zero-order valence-corrected chi connectivity index (χ0v) is 22.1. The topological polar surface area (TPSA) is 9.23 Å². The quantitative estimate of drug-likeness (QED) is 0.242. The fourth-order valence-corrected chi connectivity index (χ4v) is 10.5. The number of hydrogen-bond acceptors (Lipinski definition) is 1. The number of halogens is 2. The molecule has 1 saturated heterocycles. The zero-order chi connectivity index (χ0) is 23.8. The Balaban J connectivity index is 1.15. The Morgan fingerprint density at radius 1 is 0.824 bits per heavy atom. The average molecular weight is 485 g/mol. The standard InChI is InChI=1S/C30H42F2OSi/c1-2-3-4-19-33-27-12-14-28(15-13-27)34-20-17-24(18-21-34)6-5-23-7-9-25(10-8-23)26-11-16-29(31)30(32)22-26/h7-11,16,22,24,27-28,34H,2-6,12-15,17-21H2,1H3. The molecule has 2 aromatic rings. The molecule has 1 aliphatic carbocycles. The molecule has 0 atom stereocenters. The van der Waals surface area contributed by atoms with E-state index in [1.54, 1.807) is 18.2 Å². The van der Waals surface area contributed by atoms with E-state index in [0.717, 1.165) is 35.6 Å². The highest BCUT2D eigenvalue weighted by atomic mass is 28.3. The molecule has 4 heteroatoms. The second-order valence-electron chi connectivity index (χ2n) is 10.8. The molecule has 1 nitrogen and oxygen atoms in total. The van der Waals surface area contributed by atoms with Crippen LogP contribution in [0.3, 0.4) is 0 Å². The Labute approximate surface area is 206 Å². The van der Waals surface area contributed by atoms with Crippen molar-refractivity contribution in [3.8, 4) is 11.1 Å². The molecule has 0 aromatic heterocycles. The largest absolute Gasteiger partial charge is 0.378 e. The van der Waals surface area contributed by atoms with Crippen molar-refractivity contribution in [2.75, 3.05) is 6.61 Å². The van der Waals surface area contributed by atoms with Crippen LogP contribution < -0.4 is 0 Å². The van der Waals surface area contributed by atoms with E-state index in [1.165, 1.54) is 81.9 Å². The van der Waals surface area contributed by atoms with Crippen LogP contribution in [0.4, 0.5) is 8.78 Å². The Morgan fingerprint density at radius 3 is 2.21 bits per heavy atom. The van der Waals surface area contributed by atoms with Gasteiger partial charge in [0.15, 0.2) is 11.6 Å². The molecule has 2 aromatic carbocycles. The van der Waals surface area contributed by atoms with Crippen LogP contribution in [0.15, 0.2) is 42.5 Å². The summed E-state index contributed by atoms with van der Waals surface area (Å²) < 4.78 is 32.8. The number of unbranched alkanes of at least 4 members (excludes halogenated alkanes) is 2. The van der Waals surface area contributed by atoms with Gasteiger partial charge in [-0.25, -0.2) is 8.78 Å². The summed E-state index contributed by atoms with van der Waals surface area (Å²) in [6, 6.07) is 15.6. The smallest absolute Gasteiger partial charge is 0.159 e. The van der Waals surface area contributed by atoms with E-state index in [2.05, 4.69) is 19.1 Å². The summed E-state index contributed by atoms with van der Waals surface area (Å²) in [7, 11) is -0.573. The van der Waals surface area contributed by atoms with Crippen LogP contribution >= 0.6 is 0 Å². The lowest BCUT2D eigenvalue weighted by Crippen LogP contribution is -2.31. The predicted octanol–water partition coefficient (Wildman–Crippen LogP) is 8.72. The molecule has 34 heavy (non-hydrogen) atoms. The first-order valence-corrected chi connectivity index (χ1v) is 16.1. The van der Waals surface area contributed by atoms with Crippen LogP contribution in [0.25, 0.3) is 11.1 Å². The fraction of sp³-hybridized carbons (Fsp3) is 0.600. The van der Waals surface area contributed by atoms with Crippen LogP contribution in [0.5, 0.6) is 0 Å². The molecule has 0 N–H and O–H groups in total. The maximum absolute atomic E-state index is 13.5. The molecule has 0 bridgehead atoms. The zero-order valence-electron chi connectivity index (χ0n) is 20.9. The van der Waals surface area contributed by atoms with E-state index in [0.29, 0.717) is 6.10 Å². The number of rotatable bonds is 10. The summed E-state index contributed by atoms with van der Waals surface area (Å²) >= 11 is 0. The fourth-order valence-electron chi connectivity index (χ4n) is 6.19. The maximum Gasteiger partial charge on any atom is 0.159 e. The van der Waals surface area contributed by atoms with Crippen molar-refractivity contribution in [2.45, 2.75) is 101 Å². The first-order chi connectivity index (χ1) is 16.6. The van der Waals surface area contributed by atoms with Gasteiger partial charge < -0.3 is 4.74 Å². The molecule has 0 radical (unpaired) electrons. The SMILES string of the molecule is CCCCCOC1CCC([SiH]2CCC(CCc3ccc(-c4ccc(F)c(F)c4)cc3)CC2)CC1. The molecule has 1 heterocycles. The van der Waals surface area contributed by atoms with E-state index in [4.69, 9.17) is 4.74 Å². The van der Waals surface area contributed by atoms with Crippen LogP contribution in [-0.2, 0) is 11.2 Å². The van der Waals surface area contributed by atoms with Crippen LogP contribution in [0.2, 0.25) is 17.6 Å². The van der Waals surface area contributed by atoms with Crippen LogP contribution in [0, 0.1) is 17.6 Å². The van der Waals surface area contributed by atoms with Crippen LogP contribution in [-0.4, -0.2) is 21.5 Å². The maximum atomic E-state index is 13.5. The van der Waals surface area contributed by atoms with Crippen LogP contribution in [0.1, 0.15) is 76.7 Å². The molecular weight excluding hydrogens is 442 g/mol. The lowest BCUT2D eigenvalue weighted by molar-refractivity contribution is 0.0261. The highest BCUT2D eigenvalue weighted by Crippen LogP contribution is 2.40. The van der Waals surface area contributed by atoms with Gasteiger partial charge in [-0.2, -0.15) is 0 Å². The monoisotopic (exact) mass is 484 g/mol. The second kappa shape index (κ2) is 13.0. The first-order valence-electron chi connectivity index (χ1n) is 13.8. The van der Waals surface area contributed by atoms with Gasteiger partial charge in [0.2, 0.25) is 0 Å². The summed E-state index contributed by atoms with van der Waals surface area (Å²) in [5.41, 5.74) is 4.09. The minimum atomic E-state index is -0.794. The van der Waals surface area contributed by atoms with Gasteiger partial charge in [0.05, 0.1) is 6.10 Å². The molecule has 2 fully saturated rings. The summed E-state index contributed by atoms with van der Waals surface area (Å²) in [6.07, 6.45) is 15.1. The van der Waals surface area contributed by atoms with Gasteiger partial charge in [0, 0.05) is 15.4 Å². The minimum Gasteiger partial charge on any atom is -0.378 e. The highest BCUT2D eigenvalue weighted by Gasteiger charge is 2.31. The van der Waals surface area contributed by atoms with Gasteiger partial charge >= 0.3 is 0 Å². The normalized spacial score (nSPS) is 25.4. The van der Waals surface area contributed by atoms with Crippen molar-refractivity contribution < 1.29 is 13.5 Å². The van der Waals surface area contributed by atoms with Gasteiger partial charge in [-0.05, 0) is 72.4 Å². The van der Waals surface area contributed by atoms with Crippen molar-refractivity contribution in [1.29, 1.82) is 0 Å². The summed E-state index contributed by atoms with van der Waals surface area (Å²) in [4.78, 5) is 0. The van der Waals surface area contributed by atoms with Gasteiger partial charge in [-0.15, -0.1) is 0 Å². The van der Waals surface area contributed by atoms with E-state index in [9.17, 15) is 8.78 Å². The van der Waals surface area contributed by atoms with Crippen molar-refractivity contribution >= 4 is 8.80 Å². The van der Waals surface area contributed by atoms with Crippen molar-refractivity contribution in [3.05, 3.63) is 59.7 Å². The molecule has 186 valence electrons. The van der Waals surface area contributed by atoms with E-state index in [-0.39, 0.29) is 0 Å². The lowest BCUT2D eigenvalue weighted by Gasteiger charge is -2.37. The number of hydrogen-bond donors (Lipinski definition) is 0. The van der Waals surface area contributed by atoms with E-state index < -0.39 is 20.4 Å². The number of aryl methyl sites for hydroxylation is 1. The number of benzene rings is 2. The molecule has 0 unspecified atom stereocenters. The van der Waals surface area contributed by atoms with Gasteiger partial charge in [-0.3, -0.25) is 0 Å². The van der Waals surface area contributed by atoms with Crippen molar-refractivity contribution in [1.82, 2.24) is 0 Å². The van der Waals surface area contributed by atoms with E-state index in [1.807, 2.05) is 12.1 Å². The molecule has 1 saturated carbocycles.